The number of aryl methyl sites for hydroxylation is 2. The number of nitrogens with zero attached hydrogens (tertiary/aromatic N) is 4. The fourth-order valence-electron chi connectivity index (χ4n) is 2.04. The highest BCUT2D eigenvalue weighted by atomic mass is 15.3. The standard InChI is InChI=1S/C16H25N5/c1-6-12-8-14(7-2)21(20-12)15-11-17-9-13(19-15)10-18-16(3,4)5/h8-9,11,18H,6-7,10H2,1-5H3. The molecule has 0 saturated heterocycles. The van der Waals surface area contributed by atoms with Crippen LogP contribution in [0.5, 0.6) is 0 Å². The van der Waals surface area contributed by atoms with Gasteiger partial charge in [-0.25, -0.2) is 9.67 Å². The van der Waals surface area contributed by atoms with Gasteiger partial charge in [-0.1, -0.05) is 13.8 Å². The van der Waals surface area contributed by atoms with Crippen LogP contribution < -0.4 is 5.32 Å². The average Bonchev–Trinajstić information content (AvgIpc) is 2.88. The van der Waals surface area contributed by atoms with Gasteiger partial charge in [0.15, 0.2) is 5.82 Å². The molecule has 0 fully saturated rings. The summed E-state index contributed by atoms with van der Waals surface area (Å²) in [5.41, 5.74) is 3.25. The van der Waals surface area contributed by atoms with Crippen LogP contribution in [-0.4, -0.2) is 25.3 Å². The van der Waals surface area contributed by atoms with Crippen LogP contribution in [0.15, 0.2) is 18.5 Å². The third-order valence-corrected chi connectivity index (χ3v) is 3.25. The lowest BCUT2D eigenvalue weighted by atomic mass is 10.1. The molecule has 5 nitrogen and oxygen atoms in total. The maximum absolute atomic E-state index is 4.68. The van der Waals surface area contributed by atoms with Gasteiger partial charge in [0.05, 0.1) is 17.6 Å². The molecule has 2 aromatic heterocycles. The lowest BCUT2D eigenvalue weighted by Crippen LogP contribution is -2.35. The SMILES string of the molecule is CCc1cc(CC)n(-c2cncc(CNC(C)(C)C)n2)n1. The van der Waals surface area contributed by atoms with Crippen LogP contribution in [0.1, 0.15) is 51.7 Å². The van der Waals surface area contributed by atoms with E-state index in [1.54, 1.807) is 12.4 Å². The van der Waals surface area contributed by atoms with Crippen LogP contribution in [0.2, 0.25) is 0 Å². The highest BCUT2D eigenvalue weighted by molar-refractivity contribution is 5.25. The molecule has 0 spiro atoms. The van der Waals surface area contributed by atoms with E-state index in [2.05, 4.69) is 61.1 Å². The first-order valence-electron chi connectivity index (χ1n) is 7.57. The first kappa shape index (κ1) is 15.6. The van der Waals surface area contributed by atoms with Gasteiger partial charge in [-0.15, -0.1) is 0 Å². The Morgan fingerprint density at radius 2 is 1.86 bits per heavy atom. The molecule has 0 radical (unpaired) electrons. The molecule has 0 aliphatic heterocycles. The summed E-state index contributed by atoms with van der Waals surface area (Å²) in [6, 6.07) is 2.14. The molecule has 0 amide bonds. The quantitative estimate of drug-likeness (QED) is 0.918. The van der Waals surface area contributed by atoms with Crippen molar-refractivity contribution in [3.8, 4) is 5.82 Å². The van der Waals surface area contributed by atoms with E-state index in [4.69, 9.17) is 0 Å². The maximum Gasteiger partial charge on any atom is 0.172 e. The van der Waals surface area contributed by atoms with Gasteiger partial charge in [0.2, 0.25) is 0 Å². The summed E-state index contributed by atoms with van der Waals surface area (Å²) in [5.74, 6) is 0.791. The smallest absolute Gasteiger partial charge is 0.172 e. The second kappa shape index (κ2) is 6.35. The summed E-state index contributed by atoms with van der Waals surface area (Å²) in [7, 11) is 0. The topological polar surface area (TPSA) is 55.6 Å². The van der Waals surface area contributed by atoms with Crippen molar-refractivity contribution in [1.82, 2.24) is 25.1 Å². The summed E-state index contributed by atoms with van der Waals surface area (Å²) < 4.78 is 1.91. The number of rotatable bonds is 5. The van der Waals surface area contributed by atoms with Gasteiger partial charge in [0.1, 0.15) is 0 Å². The molecule has 0 aliphatic carbocycles. The van der Waals surface area contributed by atoms with Crippen molar-refractivity contribution in [2.24, 2.45) is 0 Å². The molecule has 1 N–H and O–H groups in total. The number of hydrogen-bond donors (Lipinski definition) is 1. The predicted octanol–water partition coefficient (Wildman–Crippen LogP) is 2.68. The Morgan fingerprint density at radius 3 is 2.48 bits per heavy atom. The van der Waals surface area contributed by atoms with Crippen LogP contribution in [0, 0.1) is 0 Å². The largest absolute Gasteiger partial charge is 0.306 e. The monoisotopic (exact) mass is 287 g/mol. The van der Waals surface area contributed by atoms with Crippen LogP contribution >= 0.6 is 0 Å². The highest BCUT2D eigenvalue weighted by Gasteiger charge is 2.12. The lowest BCUT2D eigenvalue weighted by molar-refractivity contribution is 0.420. The minimum atomic E-state index is 0.0628. The molecule has 2 heterocycles. The van der Waals surface area contributed by atoms with Gasteiger partial charge in [-0.2, -0.15) is 5.10 Å². The Bertz CT molecular complexity index is 595. The summed E-state index contributed by atoms with van der Waals surface area (Å²) in [4.78, 5) is 8.99. The molecule has 0 bridgehead atoms. The van der Waals surface area contributed by atoms with Gasteiger partial charge in [-0.05, 0) is 39.7 Å². The van der Waals surface area contributed by atoms with E-state index in [1.807, 2.05) is 4.68 Å². The van der Waals surface area contributed by atoms with Gasteiger partial charge in [0.25, 0.3) is 0 Å². The molecule has 114 valence electrons. The fraction of sp³-hybridized carbons (Fsp3) is 0.562. The van der Waals surface area contributed by atoms with Crippen molar-refractivity contribution in [3.05, 3.63) is 35.5 Å². The van der Waals surface area contributed by atoms with E-state index < -0.39 is 0 Å². The van der Waals surface area contributed by atoms with E-state index in [-0.39, 0.29) is 5.54 Å². The lowest BCUT2D eigenvalue weighted by Gasteiger charge is -2.20. The molecule has 5 heteroatoms. The zero-order valence-corrected chi connectivity index (χ0v) is 13.6. The Labute approximate surface area is 126 Å². The second-order valence-electron chi connectivity index (χ2n) is 6.22. The normalized spacial score (nSPS) is 11.9. The van der Waals surface area contributed by atoms with Crippen molar-refractivity contribution >= 4 is 0 Å². The van der Waals surface area contributed by atoms with E-state index in [0.29, 0.717) is 6.54 Å². The second-order valence-corrected chi connectivity index (χ2v) is 6.22. The summed E-state index contributed by atoms with van der Waals surface area (Å²) in [5, 5.41) is 8.04. The molecule has 0 atom stereocenters. The minimum absolute atomic E-state index is 0.0628. The summed E-state index contributed by atoms with van der Waals surface area (Å²) in [6.07, 6.45) is 5.43. The Balaban J connectivity index is 2.26. The molecule has 0 unspecified atom stereocenters. The van der Waals surface area contributed by atoms with Gasteiger partial charge in [0, 0.05) is 24.0 Å². The predicted molar refractivity (Wildman–Crippen MR) is 84.5 cm³/mol. The van der Waals surface area contributed by atoms with Crippen molar-refractivity contribution in [2.75, 3.05) is 0 Å². The first-order chi connectivity index (χ1) is 9.93. The molecule has 0 aliphatic rings. The van der Waals surface area contributed by atoms with Crippen LogP contribution in [0.3, 0.4) is 0 Å². The van der Waals surface area contributed by atoms with Crippen molar-refractivity contribution in [2.45, 2.75) is 59.5 Å². The Morgan fingerprint density at radius 1 is 1.10 bits per heavy atom. The van der Waals surface area contributed by atoms with Crippen molar-refractivity contribution in [3.63, 3.8) is 0 Å². The number of hydrogen-bond acceptors (Lipinski definition) is 4. The molecule has 0 aromatic carbocycles. The first-order valence-corrected chi connectivity index (χ1v) is 7.57. The van der Waals surface area contributed by atoms with Crippen molar-refractivity contribution < 1.29 is 0 Å². The van der Waals surface area contributed by atoms with Gasteiger partial charge >= 0.3 is 0 Å². The molecular formula is C16H25N5. The molecule has 21 heavy (non-hydrogen) atoms. The highest BCUT2D eigenvalue weighted by Crippen LogP contribution is 2.12. The van der Waals surface area contributed by atoms with Crippen molar-refractivity contribution in [1.29, 1.82) is 0 Å². The number of aromatic nitrogens is 4. The van der Waals surface area contributed by atoms with E-state index >= 15 is 0 Å². The third kappa shape index (κ3) is 4.11. The Hall–Kier alpha value is -1.75. The van der Waals surface area contributed by atoms with Crippen LogP contribution in [-0.2, 0) is 19.4 Å². The van der Waals surface area contributed by atoms with Crippen LogP contribution in [0.25, 0.3) is 5.82 Å². The van der Waals surface area contributed by atoms with Gasteiger partial charge in [-0.3, -0.25) is 4.98 Å². The maximum atomic E-state index is 4.68. The molecule has 0 saturated carbocycles. The fourth-order valence-corrected chi connectivity index (χ4v) is 2.04. The summed E-state index contributed by atoms with van der Waals surface area (Å²) >= 11 is 0. The third-order valence-electron chi connectivity index (χ3n) is 3.25. The van der Waals surface area contributed by atoms with Gasteiger partial charge < -0.3 is 5.32 Å². The van der Waals surface area contributed by atoms with Crippen LogP contribution in [0.4, 0.5) is 0 Å². The van der Waals surface area contributed by atoms with E-state index in [1.165, 1.54) is 5.69 Å². The zero-order valence-electron chi connectivity index (χ0n) is 13.6. The molecule has 2 aromatic rings. The van der Waals surface area contributed by atoms with E-state index in [9.17, 15) is 0 Å². The zero-order chi connectivity index (χ0) is 15.5. The minimum Gasteiger partial charge on any atom is -0.306 e. The van der Waals surface area contributed by atoms with E-state index in [0.717, 1.165) is 30.0 Å². The number of nitrogens with one attached hydrogen (secondary N) is 1. The average molecular weight is 287 g/mol. The molecular weight excluding hydrogens is 262 g/mol. The molecule has 2 rings (SSSR count). The summed E-state index contributed by atoms with van der Waals surface area (Å²) in [6.45, 7) is 11.4. The Kier molecular flexibility index (Phi) is 4.73.